The van der Waals surface area contributed by atoms with E-state index in [1.807, 2.05) is 13.0 Å². The summed E-state index contributed by atoms with van der Waals surface area (Å²) in [5, 5.41) is 12.3. The topological polar surface area (TPSA) is 52.6 Å². The molecule has 21 heavy (non-hydrogen) atoms. The molecule has 0 spiro atoms. The van der Waals surface area contributed by atoms with Gasteiger partial charge < -0.3 is 10.4 Å². The summed E-state index contributed by atoms with van der Waals surface area (Å²) in [7, 11) is 0. The standard InChI is InChI=1S/C17H26N2O2/c1-2-18-16(17(20)21)12-14-8-10-19(11-9-14)13-15-6-4-3-5-7-15/h3-7,14,16,18H,2,8-13H2,1H3,(H,20,21). The second kappa shape index (κ2) is 8.15. The molecule has 1 aromatic rings. The lowest BCUT2D eigenvalue weighted by Gasteiger charge is -2.33. The van der Waals surface area contributed by atoms with Crippen molar-refractivity contribution in [2.75, 3.05) is 19.6 Å². The van der Waals surface area contributed by atoms with Crippen LogP contribution in [0.4, 0.5) is 0 Å². The number of likely N-dealkylation sites (tertiary alicyclic amines) is 1. The lowest BCUT2D eigenvalue weighted by atomic mass is 9.90. The predicted octanol–water partition coefficient (Wildman–Crippen LogP) is 2.35. The second-order valence-electron chi connectivity index (χ2n) is 5.89. The number of likely N-dealkylation sites (N-methyl/N-ethyl adjacent to an activating group) is 1. The van der Waals surface area contributed by atoms with E-state index in [0.717, 1.165) is 38.9 Å². The summed E-state index contributed by atoms with van der Waals surface area (Å²) in [4.78, 5) is 13.7. The molecular formula is C17H26N2O2. The van der Waals surface area contributed by atoms with Crippen LogP contribution in [-0.4, -0.2) is 41.7 Å². The molecule has 116 valence electrons. The van der Waals surface area contributed by atoms with Gasteiger partial charge in [-0.15, -0.1) is 0 Å². The molecule has 0 aromatic heterocycles. The number of benzene rings is 1. The van der Waals surface area contributed by atoms with Gasteiger partial charge in [0.05, 0.1) is 0 Å². The van der Waals surface area contributed by atoms with E-state index in [2.05, 4.69) is 34.5 Å². The second-order valence-corrected chi connectivity index (χ2v) is 5.89. The Hall–Kier alpha value is -1.39. The van der Waals surface area contributed by atoms with Gasteiger partial charge in [-0.05, 0) is 50.4 Å². The Balaban J connectivity index is 1.76. The van der Waals surface area contributed by atoms with E-state index in [1.54, 1.807) is 0 Å². The summed E-state index contributed by atoms with van der Waals surface area (Å²) >= 11 is 0. The average Bonchev–Trinajstić information content (AvgIpc) is 2.49. The van der Waals surface area contributed by atoms with Crippen LogP contribution in [0.15, 0.2) is 30.3 Å². The molecule has 0 radical (unpaired) electrons. The maximum atomic E-state index is 11.2. The zero-order chi connectivity index (χ0) is 15.1. The van der Waals surface area contributed by atoms with Gasteiger partial charge in [0.25, 0.3) is 0 Å². The quantitative estimate of drug-likeness (QED) is 0.809. The van der Waals surface area contributed by atoms with Crippen molar-refractivity contribution in [1.29, 1.82) is 0 Å². The molecule has 0 saturated carbocycles. The fraction of sp³-hybridized carbons (Fsp3) is 0.588. The summed E-state index contributed by atoms with van der Waals surface area (Å²) in [5.41, 5.74) is 1.35. The normalized spacial score (nSPS) is 18.5. The number of carbonyl (C=O) groups is 1. The van der Waals surface area contributed by atoms with Gasteiger partial charge in [0.15, 0.2) is 0 Å². The number of aliphatic carboxylic acids is 1. The first kappa shape index (κ1) is 16.0. The van der Waals surface area contributed by atoms with E-state index < -0.39 is 5.97 Å². The number of piperidine rings is 1. The zero-order valence-electron chi connectivity index (χ0n) is 12.8. The third-order valence-electron chi connectivity index (χ3n) is 4.27. The fourth-order valence-corrected chi connectivity index (χ4v) is 3.07. The molecule has 1 fully saturated rings. The molecule has 1 aliphatic heterocycles. The Morgan fingerprint density at radius 2 is 2.00 bits per heavy atom. The lowest BCUT2D eigenvalue weighted by Crippen LogP contribution is -2.41. The molecule has 0 amide bonds. The summed E-state index contributed by atoms with van der Waals surface area (Å²) in [5.74, 6) is -0.194. The number of nitrogens with one attached hydrogen (secondary N) is 1. The molecule has 1 saturated heterocycles. The van der Waals surface area contributed by atoms with E-state index in [-0.39, 0.29) is 6.04 Å². The Morgan fingerprint density at radius 1 is 1.33 bits per heavy atom. The van der Waals surface area contributed by atoms with E-state index >= 15 is 0 Å². The molecule has 1 unspecified atom stereocenters. The number of carboxylic acid groups (broad SMARTS) is 1. The van der Waals surface area contributed by atoms with Crippen molar-refractivity contribution in [2.45, 2.75) is 38.8 Å². The highest BCUT2D eigenvalue weighted by molar-refractivity contribution is 5.73. The van der Waals surface area contributed by atoms with Crippen molar-refractivity contribution in [2.24, 2.45) is 5.92 Å². The van der Waals surface area contributed by atoms with Crippen LogP contribution in [0.2, 0.25) is 0 Å². The molecule has 4 nitrogen and oxygen atoms in total. The van der Waals surface area contributed by atoms with Crippen LogP contribution in [0.1, 0.15) is 31.7 Å². The summed E-state index contributed by atoms with van der Waals surface area (Å²) in [6.07, 6.45) is 2.95. The summed E-state index contributed by atoms with van der Waals surface area (Å²) in [6.45, 7) is 5.81. The maximum absolute atomic E-state index is 11.2. The lowest BCUT2D eigenvalue weighted by molar-refractivity contribution is -0.140. The van der Waals surface area contributed by atoms with Crippen LogP contribution < -0.4 is 5.32 Å². The van der Waals surface area contributed by atoms with Gasteiger partial charge in [0.2, 0.25) is 0 Å². The minimum Gasteiger partial charge on any atom is -0.480 e. The molecule has 2 N–H and O–H groups in total. The third-order valence-corrected chi connectivity index (χ3v) is 4.27. The number of hydrogen-bond donors (Lipinski definition) is 2. The van der Waals surface area contributed by atoms with Crippen molar-refractivity contribution in [3.63, 3.8) is 0 Å². The van der Waals surface area contributed by atoms with E-state index in [0.29, 0.717) is 12.5 Å². The third kappa shape index (κ3) is 5.14. The van der Waals surface area contributed by atoms with Gasteiger partial charge in [-0.2, -0.15) is 0 Å². The predicted molar refractivity (Wildman–Crippen MR) is 84.2 cm³/mol. The first-order chi connectivity index (χ1) is 10.2. The minimum absolute atomic E-state index is 0.388. The van der Waals surface area contributed by atoms with Crippen LogP contribution in [-0.2, 0) is 11.3 Å². The highest BCUT2D eigenvalue weighted by atomic mass is 16.4. The van der Waals surface area contributed by atoms with E-state index in [4.69, 9.17) is 0 Å². The van der Waals surface area contributed by atoms with Crippen LogP contribution in [0, 0.1) is 5.92 Å². The zero-order valence-corrected chi connectivity index (χ0v) is 12.8. The summed E-state index contributed by atoms with van der Waals surface area (Å²) in [6, 6.07) is 10.1. The van der Waals surface area contributed by atoms with Gasteiger partial charge in [-0.3, -0.25) is 9.69 Å². The van der Waals surface area contributed by atoms with Crippen molar-refractivity contribution in [3.05, 3.63) is 35.9 Å². The van der Waals surface area contributed by atoms with Gasteiger partial charge in [-0.25, -0.2) is 0 Å². The number of nitrogens with zero attached hydrogens (tertiary/aromatic N) is 1. The number of carboxylic acids is 1. The van der Waals surface area contributed by atoms with Gasteiger partial charge in [0.1, 0.15) is 6.04 Å². The van der Waals surface area contributed by atoms with Crippen LogP contribution in [0.5, 0.6) is 0 Å². The van der Waals surface area contributed by atoms with Gasteiger partial charge >= 0.3 is 5.97 Å². The van der Waals surface area contributed by atoms with Crippen molar-refractivity contribution < 1.29 is 9.90 Å². The van der Waals surface area contributed by atoms with Crippen molar-refractivity contribution >= 4 is 5.97 Å². The number of rotatable bonds is 7. The fourth-order valence-electron chi connectivity index (χ4n) is 3.07. The van der Waals surface area contributed by atoms with E-state index in [1.165, 1.54) is 5.56 Å². The van der Waals surface area contributed by atoms with Gasteiger partial charge in [-0.1, -0.05) is 37.3 Å². The molecule has 1 heterocycles. The van der Waals surface area contributed by atoms with Crippen molar-refractivity contribution in [3.8, 4) is 0 Å². The van der Waals surface area contributed by atoms with Crippen molar-refractivity contribution in [1.82, 2.24) is 10.2 Å². The molecule has 0 bridgehead atoms. The monoisotopic (exact) mass is 290 g/mol. The highest BCUT2D eigenvalue weighted by Gasteiger charge is 2.25. The Labute approximate surface area is 127 Å². The van der Waals surface area contributed by atoms with E-state index in [9.17, 15) is 9.90 Å². The molecular weight excluding hydrogens is 264 g/mol. The maximum Gasteiger partial charge on any atom is 0.320 e. The highest BCUT2D eigenvalue weighted by Crippen LogP contribution is 2.23. The molecule has 1 aliphatic rings. The van der Waals surface area contributed by atoms with Crippen LogP contribution in [0.3, 0.4) is 0 Å². The SMILES string of the molecule is CCNC(CC1CCN(Cc2ccccc2)CC1)C(=O)O. The Kier molecular flexibility index (Phi) is 6.21. The Morgan fingerprint density at radius 3 is 2.57 bits per heavy atom. The molecule has 1 atom stereocenters. The summed E-state index contributed by atoms with van der Waals surface area (Å²) < 4.78 is 0. The average molecular weight is 290 g/mol. The molecule has 4 heteroatoms. The molecule has 2 rings (SSSR count). The van der Waals surface area contributed by atoms with Crippen LogP contribution in [0.25, 0.3) is 0 Å². The minimum atomic E-state index is -0.719. The number of hydrogen-bond acceptors (Lipinski definition) is 3. The molecule has 0 aliphatic carbocycles. The van der Waals surface area contributed by atoms with Crippen LogP contribution >= 0.6 is 0 Å². The van der Waals surface area contributed by atoms with Gasteiger partial charge in [0, 0.05) is 6.54 Å². The largest absolute Gasteiger partial charge is 0.480 e. The first-order valence-corrected chi connectivity index (χ1v) is 7.91. The smallest absolute Gasteiger partial charge is 0.320 e. The Bertz CT molecular complexity index is 428. The molecule has 1 aromatic carbocycles. The first-order valence-electron chi connectivity index (χ1n) is 7.91.